The third-order valence-electron chi connectivity index (χ3n) is 2.87. The summed E-state index contributed by atoms with van der Waals surface area (Å²) in [5.41, 5.74) is 0.887. The summed E-state index contributed by atoms with van der Waals surface area (Å²) in [6.45, 7) is 0. The molecule has 0 aliphatic rings. The molecule has 116 valence electrons. The highest BCUT2D eigenvalue weighted by Crippen LogP contribution is 2.31. The van der Waals surface area contributed by atoms with Gasteiger partial charge < -0.3 is 4.74 Å². The summed E-state index contributed by atoms with van der Waals surface area (Å²) >= 11 is 12.4. The summed E-state index contributed by atoms with van der Waals surface area (Å²) < 4.78 is 6.58. The lowest BCUT2D eigenvalue weighted by molar-refractivity contribution is 0.215. The van der Waals surface area contributed by atoms with E-state index in [1.807, 2.05) is 6.07 Å². The van der Waals surface area contributed by atoms with E-state index in [0.29, 0.717) is 27.2 Å². The molecule has 0 unspecified atom stereocenters. The number of hydrogen-bond donors (Lipinski definition) is 1. The average Bonchev–Trinajstić information content (AvgIpc) is 3.01. The lowest BCUT2D eigenvalue weighted by atomic mass is 10.2. The van der Waals surface area contributed by atoms with Crippen molar-refractivity contribution in [3.63, 3.8) is 0 Å². The van der Waals surface area contributed by atoms with Crippen LogP contribution in [0.1, 0.15) is 0 Å². The number of amides is 1. The van der Waals surface area contributed by atoms with Gasteiger partial charge >= 0.3 is 6.09 Å². The summed E-state index contributed by atoms with van der Waals surface area (Å²) in [4.78, 5) is 11.9. The number of halogens is 2. The first kappa shape index (κ1) is 15.3. The van der Waals surface area contributed by atoms with Crippen LogP contribution < -0.4 is 10.1 Å². The zero-order chi connectivity index (χ0) is 16.2. The molecule has 6 nitrogen and oxygen atoms in total. The lowest BCUT2D eigenvalue weighted by Gasteiger charge is -2.11. The van der Waals surface area contributed by atoms with Crippen molar-refractivity contribution in [3.05, 3.63) is 64.9 Å². The van der Waals surface area contributed by atoms with E-state index in [1.54, 1.807) is 42.6 Å². The van der Waals surface area contributed by atoms with Gasteiger partial charge in [-0.15, -0.1) is 5.10 Å². The van der Waals surface area contributed by atoms with Crippen LogP contribution in [0.15, 0.2) is 54.9 Å². The zero-order valence-electron chi connectivity index (χ0n) is 11.6. The normalized spacial score (nSPS) is 10.3. The molecule has 0 aliphatic heterocycles. The summed E-state index contributed by atoms with van der Waals surface area (Å²) in [5, 5.41) is 10.7. The number of ether oxygens (including phenoxy) is 1. The Hall–Kier alpha value is -2.57. The molecule has 1 aromatic heterocycles. The zero-order valence-corrected chi connectivity index (χ0v) is 13.1. The molecule has 2 aromatic carbocycles. The van der Waals surface area contributed by atoms with E-state index in [2.05, 4.69) is 15.6 Å². The van der Waals surface area contributed by atoms with E-state index in [9.17, 15) is 4.79 Å². The van der Waals surface area contributed by atoms with Crippen molar-refractivity contribution in [2.45, 2.75) is 0 Å². The van der Waals surface area contributed by atoms with Crippen LogP contribution in [0.2, 0.25) is 10.0 Å². The summed E-state index contributed by atoms with van der Waals surface area (Å²) in [7, 11) is 0. The molecule has 0 bridgehead atoms. The van der Waals surface area contributed by atoms with Crippen molar-refractivity contribution in [2.75, 3.05) is 5.32 Å². The van der Waals surface area contributed by atoms with E-state index >= 15 is 0 Å². The lowest BCUT2D eigenvalue weighted by Crippen LogP contribution is -2.16. The minimum Gasteiger partial charge on any atom is -0.410 e. The first-order chi connectivity index (χ1) is 11.1. The topological polar surface area (TPSA) is 69.0 Å². The average molecular weight is 349 g/mol. The largest absolute Gasteiger partial charge is 0.417 e. The van der Waals surface area contributed by atoms with Crippen LogP contribution in [0.4, 0.5) is 10.5 Å². The highest BCUT2D eigenvalue weighted by Gasteiger charge is 2.13. The van der Waals surface area contributed by atoms with Crippen LogP contribution in [0.3, 0.4) is 0 Å². The molecule has 1 heterocycles. The van der Waals surface area contributed by atoms with Crippen LogP contribution in [0.5, 0.6) is 5.75 Å². The Morgan fingerprint density at radius 3 is 2.43 bits per heavy atom. The number of carbonyl (C=O) groups is 1. The maximum absolute atomic E-state index is 11.9. The summed E-state index contributed by atoms with van der Waals surface area (Å²) in [5.74, 6) is 0.432. The smallest absolute Gasteiger partial charge is 0.410 e. The van der Waals surface area contributed by atoms with Crippen LogP contribution in [-0.4, -0.2) is 21.1 Å². The molecule has 3 aromatic rings. The highest BCUT2D eigenvalue weighted by molar-refractivity contribution is 6.38. The molecule has 0 atom stereocenters. The Balaban J connectivity index is 1.78. The summed E-state index contributed by atoms with van der Waals surface area (Å²) in [6, 6.07) is 11.8. The summed E-state index contributed by atoms with van der Waals surface area (Å²) in [6.07, 6.45) is 2.48. The number of benzene rings is 2. The number of nitrogens with zero attached hydrogens (tertiary/aromatic N) is 3. The predicted molar refractivity (Wildman–Crippen MR) is 87.5 cm³/mol. The molecular formula is C15H10Cl2N4O2. The minimum atomic E-state index is -0.642. The van der Waals surface area contributed by atoms with Gasteiger partial charge in [-0.25, -0.2) is 9.48 Å². The Morgan fingerprint density at radius 1 is 1.13 bits per heavy atom. The van der Waals surface area contributed by atoms with Gasteiger partial charge in [0.05, 0.1) is 22.4 Å². The van der Waals surface area contributed by atoms with Crippen molar-refractivity contribution in [1.29, 1.82) is 0 Å². The van der Waals surface area contributed by atoms with Gasteiger partial charge in [-0.05, 0) is 24.3 Å². The Morgan fingerprint density at radius 2 is 1.83 bits per heavy atom. The molecule has 1 N–H and O–H groups in total. The second kappa shape index (κ2) is 6.68. The van der Waals surface area contributed by atoms with E-state index in [-0.39, 0.29) is 0 Å². The highest BCUT2D eigenvalue weighted by atomic mass is 35.5. The SMILES string of the molecule is O=C(Nc1cc(Cl)c(-n2ccnn2)c(Cl)c1)Oc1ccccc1. The first-order valence-electron chi connectivity index (χ1n) is 6.53. The monoisotopic (exact) mass is 348 g/mol. The molecule has 1 amide bonds. The Kier molecular flexibility index (Phi) is 4.45. The van der Waals surface area contributed by atoms with Crippen LogP contribution >= 0.6 is 23.2 Å². The quantitative estimate of drug-likeness (QED) is 0.770. The number of anilines is 1. The van der Waals surface area contributed by atoms with Gasteiger partial charge in [-0.2, -0.15) is 0 Å². The first-order valence-corrected chi connectivity index (χ1v) is 7.28. The molecule has 0 saturated carbocycles. The van der Waals surface area contributed by atoms with Gasteiger partial charge in [0.25, 0.3) is 0 Å². The van der Waals surface area contributed by atoms with Crippen LogP contribution in [-0.2, 0) is 0 Å². The second-order valence-electron chi connectivity index (χ2n) is 4.46. The molecule has 0 aliphatic carbocycles. The number of aromatic nitrogens is 3. The van der Waals surface area contributed by atoms with Crippen molar-refractivity contribution in [3.8, 4) is 11.4 Å². The van der Waals surface area contributed by atoms with Crippen molar-refractivity contribution >= 4 is 35.0 Å². The molecule has 3 rings (SSSR count). The maximum Gasteiger partial charge on any atom is 0.417 e. The maximum atomic E-state index is 11.9. The number of hydrogen-bond acceptors (Lipinski definition) is 4. The number of para-hydroxylation sites is 1. The molecule has 23 heavy (non-hydrogen) atoms. The van der Waals surface area contributed by atoms with E-state index < -0.39 is 6.09 Å². The third kappa shape index (κ3) is 3.61. The molecule has 0 spiro atoms. The predicted octanol–water partition coefficient (Wildman–Crippen LogP) is 4.19. The third-order valence-corrected chi connectivity index (χ3v) is 3.44. The number of carbonyl (C=O) groups excluding carboxylic acids is 1. The van der Waals surface area contributed by atoms with Gasteiger partial charge in [-0.3, -0.25) is 5.32 Å². The molecular weight excluding hydrogens is 339 g/mol. The molecule has 0 saturated heterocycles. The van der Waals surface area contributed by atoms with Crippen LogP contribution in [0.25, 0.3) is 5.69 Å². The van der Waals surface area contributed by atoms with Crippen LogP contribution in [0, 0.1) is 0 Å². The molecule has 0 radical (unpaired) electrons. The van der Waals surface area contributed by atoms with Gasteiger partial charge in [0.15, 0.2) is 0 Å². The standard InChI is InChI=1S/C15H10Cl2N4O2/c16-12-8-10(9-13(17)14(12)21-7-6-18-20-21)19-15(22)23-11-4-2-1-3-5-11/h1-9H,(H,19,22). The van der Waals surface area contributed by atoms with Gasteiger partial charge in [0.2, 0.25) is 0 Å². The van der Waals surface area contributed by atoms with Crippen molar-refractivity contribution in [2.24, 2.45) is 0 Å². The Labute approximate surface area is 141 Å². The fraction of sp³-hybridized carbons (Fsp3) is 0. The van der Waals surface area contributed by atoms with Gasteiger partial charge in [-0.1, -0.05) is 46.6 Å². The molecule has 8 heteroatoms. The second-order valence-corrected chi connectivity index (χ2v) is 5.28. The fourth-order valence-corrected chi connectivity index (χ4v) is 2.58. The minimum absolute atomic E-state index is 0.318. The van der Waals surface area contributed by atoms with E-state index in [1.165, 1.54) is 10.9 Å². The number of rotatable bonds is 3. The fourth-order valence-electron chi connectivity index (χ4n) is 1.92. The molecule has 0 fully saturated rings. The van der Waals surface area contributed by atoms with Crippen molar-refractivity contribution in [1.82, 2.24) is 15.0 Å². The van der Waals surface area contributed by atoms with E-state index in [4.69, 9.17) is 27.9 Å². The van der Waals surface area contributed by atoms with E-state index in [0.717, 1.165) is 0 Å². The van der Waals surface area contributed by atoms with Crippen molar-refractivity contribution < 1.29 is 9.53 Å². The van der Waals surface area contributed by atoms with Gasteiger partial charge in [0.1, 0.15) is 11.4 Å². The van der Waals surface area contributed by atoms with Gasteiger partial charge in [0, 0.05) is 5.69 Å². The number of nitrogens with one attached hydrogen (secondary N) is 1. The Bertz CT molecular complexity index is 800.